The second-order valence-corrected chi connectivity index (χ2v) is 12.9. The molecule has 248 valence electrons. The Hall–Kier alpha value is -3.16. The minimum absolute atomic E-state index is 0. The Morgan fingerprint density at radius 3 is 1.24 bits per heavy atom. The molecule has 0 amide bonds. The van der Waals surface area contributed by atoms with Crippen LogP contribution in [0.25, 0.3) is 32.4 Å². The minimum Gasteiger partial charge on any atom is -1.00 e. The van der Waals surface area contributed by atoms with Crippen molar-refractivity contribution in [3.63, 3.8) is 0 Å². The molecular weight excluding hydrogens is 836 g/mol. The van der Waals surface area contributed by atoms with Gasteiger partial charge in [-0.15, -0.1) is 22.7 Å². The van der Waals surface area contributed by atoms with Gasteiger partial charge in [-0.1, -0.05) is 70.2 Å². The summed E-state index contributed by atoms with van der Waals surface area (Å²) in [6.07, 6.45) is 7.88. The summed E-state index contributed by atoms with van der Waals surface area (Å²) in [5, 5.41) is 16.9. The Balaban J connectivity index is 0.000000309. The number of rotatable bonds is 4. The van der Waals surface area contributed by atoms with Gasteiger partial charge in [0, 0.05) is 55.3 Å². The molecule has 6 aromatic heterocycles. The van der Waals surface area contributed by atoms with Crippen LogP contribution >= 0.6 is 45.3 Å². The number of hydrogen-bond acceptors (Lipinski definition) is 8. The van der Waals surface area contributed by atoms with Crippen molar-refractivity contribution in [3.8, 4) is 22.5 Å². The number of halogens is 4. The van der Waals surface area contributed by atoms with Gasteiger partial charge in [-0.25, -0.2) is 19.1 Å². The standard InChI is InChI=1S/2C15H12N5S2.4ClH.Zn/c2*1-19-7-9-22-15(19)18-17-13-12(11-5-3-2-4-6-11)16-14-20(13)8-10-21-14;;;;;/h2*2-10H,1H3;4*1H;/q2*+1;;;;;+2/p-4. The number of imidazole rings is 2. The third kappa shape index (κ3) is 9.15. The van der Waals surface area contributed by atoms with Crippen LogP contribution in [0, 0.1) is 0 Å². The average Bonchev–Trinajstić information content (AvgIpc) is 3.89. The molecule has 10 nitrogen and oxygen atoms in total. The first-order valence-corrected chi connectivity index (χ1v) is 16.9. The Labute approximate surface area is 334 Å². The zero-order valence-corrected chi connectivity index (χ0v) is 35.0. The van der Waals surface area contributed by atoms with Gasteiger partial charge in [0.05, 0.1) is 14.1 Å². The summed E-state index contributed by atoms with van der Waals surface area (Å²) in [5.41, 5.74) is 3.80. The van der Waals surface area contributed by atoms with Crippen molar-refractivity contribution in [2.45, 2.75) is 0 Å². The summed E-state index contributed by atoms with van der Waals surface area (Å²) in [6, 6.07) is 20.2. The third-order valence-corrected chi connectivity index (χ3v) is 9.74. The summed E-state index contributed by atoms with van der Waals surface area (Å²) >= 11 is 6.29. The molecule has 6 heterocycles. The van der Waals surface area contributed by atoms with Crippen LogP contribution in [0.4, 0.5) is 11.6 Å². The number of thiazole rings is 4. The first kappa shape index (κ1) is 42.0. The topological polar surface area (TPSA) is 97.4 Å². The quantitative estimate of drug-likeness (QED) is 0.101. The fraction of sp³-hybridized carbons (Fsp3) is 0.0667. The van der Waals surface area contributed by atoms with Gasteiger partial charge in [0.15, 0.2) is 9.92 Å². The summed E-state index contributed by atoms with van der Waals surface area (Å²) < 4.78 is 7.85. The van der Waals surface area contributed by atoms with E-state index in [-0.39, 0.29) is 69.1 Å². The molecule has 0 fully saturated rings. The van der Waals surface area contributed by atoms with E-state index in [1.807, 2.05) is 139 Å². The maximum absolute atomic E-state index is 4.69. The van der Waals surface area contributed by atoms with E-state index >= 15 is 0 Å². The van der Waals surface area contributed by atoms with Crippen LogP contribution in [-0.2, 0) is 33.6 Å². The number of hydrogen-bond donors (Lipinski definition) is 0. The van der Waals surface area contributed by atoms with E-state index in [2.05, 4.69) is 29.8 Å². The molecule has 0 N–H and O–H groups in total. The fourth-order valence-electron chi connectivity index (χ4n) is 4.35. The summed E-state index contributed by atoms with van der Waals surface area (Å²) in [5.74, 6) is 1.52. The SMILES string of the molecule is Cn1ccsc1=[N+]=Nc1c(-c2ccccc2)nc2sccn12.Cn1ccsc1=[N+]=Nc1c(-c2ccccc2)nc2sccn12.[Cl-].[Cl-].[Cl-].[Cl-].[Zn+2]. The van der Waals surface area contributed by atoms with Crippen molar-refractivity contribution in [1.29, 1.82) is 0 Å². The van der Waals surface area contributed by atoms with E-state index in [4.69, 9.17) is 0 Å². The Kier molecular flexibility index (Phi) is 16.5. The molecule has 0 spiro atoms. The van der Waals surface area contributed by atoms with Crippen molar-refractivity contribution >= 4 is 66.9 Å². The molecule has 0 aliphatic carbocycles. The zero-order chi connectivity index (χ0) is 29.9. The predicted molar refractivity (Wildman–Crippen MR) is 175 cm³/mol. The first-order chi connectivity index (χ1) is 21.7. The summed E-state index contributed by atoms with van der Waals surface area (Å²) in [7, 11) is 3.92. The number of benzene rings is 2. The molecule has 0 saturated heterocycles. The molecule has 0 saturated carbocycles. The first-order valence-electron chi connectivity index (χ1n) is 13.4. The largest absolute Gasteiger partial charge is 2.00 e. The molecule has 8 rings (SSSR count). The van der Waals surface area contributed by atoms with Crippen LogP contribution < -0.4 is 59.2 Å². The molecule has 0 aliphatic rings. The molecule has 0 bridgehead atoms. The predicted octanol–water partition coefficient (Wildman–Crippen LogP) is -5.28. The van der Waals surface area contributed by atoms with Crippen LogP contribution in [0.15, 0.2) is 117 Å². The molecule has 0 radical (unpaired) electrons. The number of nitrogens with zero attached hydrogens (tertiary/aromatic N) is 10. The van der Waals surface area contributed by atoms with Crippen LogP contribution in [-0.4, -0.2) is 37.5 Å². The minimum atomic E-state index is 0. The average molecular weight is 860 g/mol. The van der Waals surface area contributed by atoms with Crippen molar-refractivity contribution in [3.05, 3.63) is 117 Å². The van der Waals surface area contributed by atoms with Gasteiger partial charge in [0.1, 0.15) is 23.8 Å². The van der Waals surface area contributed by atoms with E-state index in [9.17, 15) is 0 Å². The van der Waals surface area contributed by atoms with Crippen molar-refractivity contribution in [1.82, 2.24) is 27.9 Å². The summed E-state index contributed by atoms with van der Waals surface area (Å²) in [6.45, 7) is 0. The van der Waals surface area contributed by atoms with E-state index in [0.29, 0.717) is 0 Å². The molecule has 2 aromatic carbocycles. The van der Waals surface area contributed by atoms with E-state index in [1.54, 1.807) is 45.3 Å². The van der Waals surface area contributed by atoms with E-state index < -0.39 is 0 Å². The summed E-state index contributed by atoms with van der Waals surface area (Å²) in [4.78, 5) is 21.7. The van der Waals surface area contributed by atoms with Crippen LogP contribution in [0.3, 0.4) is 0 Å². The molecule has 0 unspecified atom stereocenters. The maximum atomic E-state index is 4.69. The Bertz CT molecular complexity index is 2250. The molecule has 0 atom stereocenters. The van der Waals surface area contributed by atoms with Crippen molar-refractivity contribution in [2.75, 3.05) is 0 Å². The maximum Gasteiger partial charge on any atom is 2.00 e. The van der Waals surface area contributed by atoms with Gasteiger partial charge < -0.3 is 49.6 Å². The second-order valence-electron chi connectivity index (χ2n) is 9.40. The molecular formula is C30H24Cl4N10S4Zn. The van der Waals surface area contributed by atoms with Crippen molar-refractivity contribution in [2.24, 2.45) is 24.3 Å². The normalized spacial score (nSPS) is 9.67. The van der Waals surface area contributed by atoms with Gasteiger partial charge in [-0.05, 0) is 22.7 Å². The Morgan fingerprint density at radius 2 is 0.898 bits per heavy atom. The molecule has 49 heavy (non-hydrogen) atoms. The van der Waals surface area contributed by atoms with Crippen molar-refractivity contribution < 1.29 is 78.7 Å². The second kappa shape index (κ2) is 19.3. The van der Waals surface area contributed by atoms with Crippen LogP contribution in [0.1, 0.15) is 0 Å². The van der Waals surface area contributed by atoms with E-state index in [0.717, 1.165) is 53.7 Å². The van der Waals surface area contributed by atoms with Gasteiger partial charge in [-0.3, -0.25) is 8.80 Å². The number of fused-ring (bicyclic) bond motifs is 2. The molecule has 8 aromatic rings. The smallest absolute Gasteiger partial charge is 1.00 e. The monoisotopic (exact) mass is 856 g/mol. The van der Waals surface area contributed by atoms with E-state index in [1.165, 1.54) is 0 Å². The zero-order valence-electron chi connectivity index (χ0n) is 25.7. The van der Waals surface area contributed by atoms with Crippen LogP contribution in [0.2, 0.25) is 0 Å². The van der Waals surface area contributed by atoms with Gasteiger partial charge in [0.2, 0.25) is 11.6 Å². The van der Waals surface area contributed by atoms with Gasteiger partial charge >= 0.3 is 29.1 Å². The van der Waals surface area contributed by atoms with Gasteiger partial charge in [-0.2, -0.15) is 0 Å². The Morgan fingerprint density at radius 1 is 0.531 bits per heavy atom. The third-order valence-electron chi connectivity index (χ3n) is 6.55. The molecule has 19 heteroatoms. The number of aryl methyl sites for hydroxylation is 2. The van der Waals surface area contributed by atoms with Crippen LogP contribution in [0.5, 0.6) is 0 Å². The number of aromatic nitrogens is 6. The fourth-order valence-corrected chi connectivity index (χ4v) is 7.12. The molecule has 0 aliphatic heterocycles. The van der Waals surface area contributed by atoms with Gasteiger partial charge in [0.25, 0.3) is 0 Å².